The number of nitrogens with one attached hydrogen (secondary N) is 2. The standard InChI is InChI=1S/C29H45N7O4/c1-21-17-24(33-26(38)23(32-20-37)18-22-7-3-2-4-8-22)27(39)36(21)25(9-5-6-12-30)28(40)34-14-10-29(11-15-34)19-35(29)16-13-31/h2-4,7-8,20-21,23-25H,5-6,9-19,30-31H2,1H3,(H,32,37)(H,33,38)/t21?,23?,24-,25?,35?/m1/s1. The lowest BCUT2D eigenvalue weighted by Crippen LogP contribution is -2.56. The van der Waals surface area contributed by atoms with E-state index in [2.05, 4.69) is 15.5 Å². The van der Waals surface area contributed by atoms with E-state index < -0.39 is 24.0 Å². The molecule has 4 amide bonds. The molecule has 0 aliphatic carbocycles. The highest BCUT2D eigenvalue weighted by Gasteiger charge is 2.53. The summed E-state index contributed by atoms with van der Waals surface area (Å²) in [5.41, 5.74) is 12.6. The molecule has 3 saturated heterocycles. The van der Waals surface area contributed by atoms with Crippen molar-refractivity contribution in [1.82, 2.24) is 25.3 Å². The summed E-state index contributed by atoms with van der Waals surface area (Å²) in [5, 5.41) is 5.44. The molecular formula is C29H45N7O4. The normalized spacial score (nSPS) is 25.0. The quantitative estimate of drug-likeness (QED) is 0.138. The Morgan fingerprint density at radius 1 is 1.12 bits per heavy atom. The van der Waals surface area contributed by atoms with Gasteiger partial charge in [-0.25, -0.2) is 0 Å². The Morgan fingerprint density at radius 2 is 1.85 bits per heavy atom. The molecule has 1 aromatic rings. The van der Waals surface area contributed by atoms with Crippen LogP contribution in [0.3, 0.4) is 0 Å². The molecule has 0 saturated carbocycles. The van der Waals surface area contributed by atoms with Crippen LogP contribution in [0.4, 0.5) is 0 Å². The number of carbonyl (C=O) groups excluding carboxylic acids is 4. The lowest BCUT2D eigenvalue weighted by molar-refractivity contribution is -0.147. The van der Waals surface area contributed by atoms with Crippen LogP contribution >= 0.6 is 0 Å². The lowest BCUT2D eigenvalue weighted by atomic mass is 9.95. The number of benzene rings is 1. The Kier molecular flexibility index (Phi) is 10.2. The lowest BCUT2D eigenvalue weighted by Gasteiger charge is -2.38. The van der Waals surface area contributed by atoms with Crippen molar-refractivity contribution in [3.05, 3.63) is 35.9 Å². The van der Waals surface area contributed by atoms with Crippen molar-refractivity contribution < 1.29 is 19.2 Å². The topological polar surface area (TPSA) is 154 Å². The minimum absolute atomic E-state index is 0.0188. The molecule has 3 heterocycles. The van der Waals surface area contributed by atoms with Gasteiger partial charge in [0.1, 0.15) is 18.1 Å². The third-order valence-corrected chi connectivity index (χ3v) is 8.80. The molecule has 5 atom stereocenters. The number of rotatable bonds is 14. The Balaban J connectivity index is 1.41. The zero-order valence-corrected chi connectivity index (χ0v) is 23.6. The smallest absolute Gasteiger partial charge is 0.246 e. The predicted octanol–water partition coefficient (Wildman–Crippen LogP) is -0.418. The molecule has 220 valence electrons. The zero-order valence-electron chi connectivity index (χ0n) is 23.6. The van der Waals surface area contributed by atoms with Crippen LogP contribution in [0.25, 0.3) is 0 Å². The number of likely N-dealkylation sites (tertiary alicyclic amines) is 2. The number of hydrogen-bond donors (Lipinski definition) is 4. The van der Waals surface area contributed by atoms with Gasteiger partial charge in [0.05, 0.1) is 0 Å². The minimum Gasteiger partial charge on any atom is -0.347 e. The van der Waals surface area contributed by atoms with E-state index >= 15 is 0 Å². The fraction of sp³-hybridized carbons (Fsp3) is 0.655. The van der Waals surface area contributed by atoms with Crippen LogP contribution in [0.15, 0.2) is 30.3 Å². The van der Waals surface area contributed by atoms with E-state index in [1.54, 1.807) is 4.90 Å². The highest BCUT2D eigenvalue weighted by molar-refractivity contribution is 5.95. The SMILES string of the molecule is CC1C[C@@H](NC(=O)C(Cc2ccccc2)NC=O)C(=O)N1C(CCCCN)C(=O)N1CCC2(CC1)CN2CCN. The van der Waals surface area contributed by atoms with Crippen molar-refractivity contribution in [1.29, 1.82) is 0 Å². The first kappa shape index (κ1) is 30.0. The van der Waals surface area contributed by atoms with Gasteiger partial charge in [0.25, 0.3) is 0 Å². The van der Waals surface area contributed by atoms with Gasteiger partial charge < -0.3 is 31.9 Å². The second-order valence-corrected chi connectivity index (χ2v) is 11.5. The van der Waals surface area contributed by atoms with Gasteiger partial charge in [0.15, 0.2) is 0 Å². The molecular weight excluding hydrogens is 510 g/mol. The Morgan fingerprint density at radius 3 is 2.50 bits per heavy atom. The van der Waals surface area contributed by atoms with E-state index in [1.165, 1.54) is 0 Å². The maximum Gasteiger partial charge on any atom is 0.246 e. The van der Waals surface area contributed by atoms with Crippen LogP contribution in [0.1, 0.15) is 51.0 Å². The average Bonchev–Trinajstić information content (AvgIpc) is 3.53. The van der Waals surface area contributed by atoms with Crippen molar-refractivity contribution in [2.75, 3.05) is 39.3 Å². The molecule has 1 aromatic carbocycles. The van der Waals surface area contributed by atoms with Gasteiger partial charge in [-0.05, 0) is 57.6 Å². The van der Waals surface area contributed by atoms with Gasteiger partial charge in [-0.15, -0.1) is 0 Å². The van der Waals surface area contributed by atoms with Gasteiger partial charge in [0.2, 0.25) is 24.1 Å². The van der Waals surface area contributed by atoms with E-state index in [9.17, 15) is 19.2 Å². The largest absolute Gasteiger partial charge is 0.347 e. The monoisotopic (exact) mass is 555 g/mol. The fourth-order valence-electron chi connectivity index (χ4n) is 6.45. The number of amides is 4. The molecule has 3 fully saturated rings. The second-order valence-electron chi connectivity index (χ2n) is 11.5. The first-order valence-electron chi connectivity index (χ1n) is 14.6. The van der Waals surface area contributed by atoms with Crippen LogP contribution in [-0.4, -0.2) is 108 Å². The van der Waals surface area contributed by atoms with Crippen LogP contribution in [0.2, 0.25) is 0 Å². The number of hydrogen-bond acceptors (Lipinski definition) is 7. The predicted molar refractivity (Wildman–Crippen MR) is 152 cm³/mol. The van der Waals surface area contributed by atoms with Crippen molar-refractivity contribution >= 4 is 24.1 Å². The maximum absolute atomic E-state index is 13.9. The Labute approximate surface area is 237 Å². The number of nitrogens with two attached hydrogens (primary N) is 2. The van der Waals surface area contributed by atoms with Gasteiger partial charge in [0, 0.05) is 50.7 Å². The molecule has 11 heteroatoms. The molecule has 4 rings (SSSR count). The zero-order chi connectivity index (χ0) is 28.7. The molecule has 1 spiro atoms. The highest BCUT2D eigenvalue weighted by atomic mass is 16.2. The number of nitrogens with zero attached hydrogens (tertiary/aromatic N) is 3. The minimum atomic E-state index is -0.805. The van der Waals surface area contributed by atoms with Gasteiger partial charge in [-0.3, -0.25) is 24.1 Å². The first-order valence-corrected chi connectivity index (χ1v) is 14.6. The van der Waals surface area contributed by atoms with Crippen LogP contribution in [-0.2, 0) is 25.6 Å². The van der Waals surface area contributed by atoms with Crippen LogP contribution in [0, 0.1) is 0 Å². The third-order valence-electron chi connectivity index (χ3n) is 8.80. The molecule has 0 aromatic heterocycles. The summed E-state index contributed by atoms with van der Waals surface area (Å²) in [6.07, 6.45) is 5.11. The summed E-state index contributed by atoms with van der Waals surface area (Å²) in [7, 11) is 0. The number of unbranched alkanes of at least 4 members (excludes halogenated alkanes) is 1. The summed E-state index contributed by atoms with van der Waals surface area (Å²) in [4.78, 5) is 57.9. The van der Waals surface area contributed by atoms with E-state index in [0.29, 0.717) is 51.9 Å². The van der Waals surface area contributed by atoms with E-state index in [4.69, 9.17) is 11.5 Å². The molecule has 6 N–H and O–H groups in total. The maximum atomic E-state index is 13.9. The fourth-order valence-corrected chi connectivity index (χ4v) is 6.45. The van der Waals surface area contributed by atoms with Gasteiger partial charge in [-0.1, -0.05) is 30.3 Å². The van der Waals surface area contributed by atoms with Crippen molar-refractivity contribution in [2.45, 2.75) is 81.6 Å². The van der Waals surface area contributed by atoms with Gasteiger partial charge in [-0.2, -0.15) is 0 Å². The molecule has 40 heavy (non-hydrogen) atoms. The van der Waals surface area contributed by atoms with Crippen LogP contribution in [0.5, 0.6) is 0 Å². The summed E-state index contributed by atoms with van der Waals surface area (Å²) in [6.45, 7) is 6.36. The summed E-state index contributed by atoms with van der Waals surface area (Å²) >= 11 is 0. The summed E-state index contributed by atoms with van der Waals surface area (Å²) in [5.74, 6) is -0.682. The molecule has 0 bridgehead atoms. The highest BCUT2D eigenvalue weighted by Crippen LogP contribution is 2.41. The number of carbonyl (C=O) groups is 4. The molecule has 0 radical (unpaired) electrons. The molecule has 11 nitrogen and oxygen atoms in total. The first-order chi connectivity index (χ1) is 19.3. The average molecular weight is 556 g/mol. The van der Waals surface area contributed by atoms with Crippen molar-refractivity contribution in [2.24, 2.45) is 11.5 Å². The van der Waals surface area contributed by atoms with Gasteiger partial charge >= 0.3 is 0 Å². The van der Waals surface area contributed by atoms with Crippen molar-refractivity contribution in [3.8, 4) is 0 Å². The van der Waals surface area contributed by atoms with E-state index in [1.807, 2.05) is 42.2 Å². The summed E-state index contributed by atoms with van der Waals surface area (Å²) in [6, 6.07) is 7.04. The second kappa shape index (κ2) is 13.6. The van der Waals surface area contributed by atoms with E-state index in [0.717, 1.165) is 44.3 Å². The molecule has 3 aliphatic rings. The Bertz CT molecular complexity index is 1030. The van der Waals surface area contributed by atoms with Crippen molar-refractivity contribution in [3.63, 3.8) is 0 Å². The molecule has 4 unspecified atom stereocenters. The Hall–Kier alpha value is -3.02. The number of piperidine rings is 1. The third kappa shape index (κ3) is 6.82. The van der Waals surface area contributed by atoms with Crippen LogP contribution < -0.4 is 22.1 Å². The van der Waals surface area contributed by atoms with E-state index in [-0.39, 0.29) is 23.4 Å². The molecule has 3 aliphatic heterocycles. The summed E-state index contributed by atoms with van der Waals surface area (Å²) < 4.78 is 0.